The van der Waals surface area contributed by atoms with Gasteiger partial charge in [0, 0.05) is 0 Å². The number of hydrogen-bond acceptors (Lipinski definition) is 2. The molecule has 2 heteroatoms. The monoisotopic (exact) mass is 97.1 g/mol. The molecule has 0 heterocycles. The Morgan fingerprint density at radius 1 is 1.86 bits per heavy atom. The van der Waals surface area contributed by atoms with Crippen molar-refractivity contribution in [3.63, 3.8) is 0 Å². The Hall–Kier alpha value is -0.920. The summed E-state index contributed by atoms with van der Waals surface area (Å²) in [6.45, 7) is 4.89. The highest BCUT2D eigenvalue weighted by Gasteiger charge is 1.78. The average Bonchev–Trinajstić information content (AvgIpc) is 1.72. The van der Waals surface area contributed by atoms with Crippen LogP contribution in [0.3, 0.4) is 0 Å². The fourth-order valence-corrected chi connectivity index (χ4v) is 0.197. The van der Waals surface area contributed by atoms with Crippen LogP contribution in [0.15, 0.2) is 16.8 Å². The van der Waals surface area contributed by atoms with Gasteiger partial charge in [-0.3, -0.25) is 9.79 Å². The van der Waals surface area contributed by atoms with Gasteiger partial charge in [-0.15, -0.1) is 0 Å². The Kier molecular flexibility index (Phi) is 2.85. The second-order valence-electron chi connectivity index (χ2n) is 0.990. The second-order valence-corrected chi connectivity index (χ2v) is 0.990. The van der Waals surface area contributed by atoms with E-state index < -0.39 is 0 Å². The van der Waals surface area contributed by atoms with E-state index in [1.807, 2.05) is 0 Å². The molecule has 0 aliphatic carbocycles. The van der Waals surface area contributed by atoms with E-state index in [1.54, 1.807) is 13.0 Å². The lowest BCUT2D eigenvalue weighted by atomic mass is 10.5. The van der Waals surface area contributed by atoms with Crippen LogP contribution < -0.4 is 0 Å². The van der Waals surface area contributed by atoms with Crippen molar-refractivity contribution in [1.29, 1.82) is 0 Å². The van der Waals surface area contributed by atoms with E-state index >= 15 is 0 Å². The molecule has 0 N–H and O–H groups in total. The maximum atomic E-state index is 9.77. The first kappa shape index (κ1) is 6.08. The van der Waals surface area contributed by atoms with Gasteiger partial charge in [0.25, 0.3) is 0 Å². The van der Waals surface area contributed by atoms with Gasteiger partial charge in [-0.25, -0.2) is 0 Å². The maximum absolute atomic E-state index is 9.77. The largest absolute Gasteiger partial charge is 0.296 e. The number of allylic oxidation sites excluding steroid dienone is 2. The van der Waals surface area contributed by atoms with Crippen LogP contribution in [0.1, 0.15) is 6.92 Å². The number of hydrogen-bond donors (Lipinski definition) is 0. The van der Waals surface area contributed by atoms with Crippen LogP contribution in [0.4, 0.5) is 0 Å². The smallest absolute Gasteiger partial charge is 0.168 e. The summed E-state index contributed by atoms with van der Waals surface area (Å²) in [6, 6.07) is 0. The topological polar surface area (TPSA) is 29.4 Å². The molecule has 0 radical (unpaired) electrons. The molecule has 0 aliphatic heterocycles. The molecule has 0 rings (SSSR count). The molecule has 0 saturated carbocycles. The molecule has 0 aromatic heterocycles. The van der Waals surface area contributed by atoms with Crippen molar-refractivity contribution in [3.05, 3.63) is 11.8 Å². The highest BCUT2D eigenvalue weighted by molar-refractivity contribution is 5.73. The SMILES string of the molecule is C=N/C(C=O)=C\C. The first-order chi connectivity index (χ1) is 3.35. The minimum atomic E-state index is 0.389. The summed E-state index contributed by atoms with van der Waals surface area (Å²) in [5, 5.41) is 0. The van der Waals surface area contributed by atoms with Crippen molar-refractivity contribution in [2.75, 3.05) is 0 Å². The van der Waals surface area contributed by atoms with E-state index in [0.717, 1.165) is 0 Å². The van der Waals surface area contributed by atoms with Gasteiger partial charge >= 0.3 is 0 Å². The molecule has 2 nitrogen and oxygen atoms in total. The number of aldehydes is 1. The zero-order valence-corrected chi connectivity index (χ0v) is 4.22. The lowest BCUT2D eigenvalue weighted by Crippen LogP contribution is -1.73. The van der Waals surface area contributed by atoms with E-state index in [9.17, 15) is 4.79 Å². The lowest BCUT2D eigenvalue weighted by Gasteiger charge is -1.77. The highest BCUT2D eigenvalue weighted by atomic mass is 16.1. The summed E-state index contributed by atoms with van der Waals surface area (Å²) >= 11 is 0. The van der Waals surface area contributed by atoms with E-state index in [2.05, 4.69) is 11.7 Å². The van der Waals surface area contributed by atoms with Crippen molar-refractivity contribution >= 4 is 13.0 Å². The molecule has 0 bridgehead atoms. The van der Waals surface area contributed by atoms with E-state index in [0.29, 0.717) is 12.0 Å². The zero-order chi connectivity index (χ0) is 5.70. The summed E-state index contributed by atoms with van der Waals surface area (Å²) in [6.07, 6.45) is 2.26. The third kappa shape index (κ3) is 1.87. The highest BCUT2D eigenvalue weighted by Crippen LogP contribution is 1.85. The van der Waals surface area contributed by atoms with Crippen molar-refractivity contribution in [2.24, 2.45) is 4.99 Å². The molecule has 38 valence electrons. The summed E-state index contributed by atoms with van der Waals surface area (Å²) in [5.74, 6) is 0. The van der Waals surface area contributed by atoms with Crippen molar-refractivity contribution < 1.29 is 4.79 Å². The molecule has 0 aromatic rings. The number of carbonyl (C=O) groups is 1. The molecule has 0 saturated heterocycles. The van der Waals surface area contributed by atoms with Crippen LogP contribution in [-0.4, -0.2) is 13.0 Å². The number of carbonyl (C=O) groups excluding carboxylic acids is 1. The molecular formula is C5H7NO. The number of nitrogens with zero attached hydrogens (tertiary/aromatic N) is 1. The standard InChI is InChI=1S/C5H7NO/c1-3-5(4-7)6-2/h3-4H,2H2,1H3/b5-3-. The predicted molar refractivity (Wildman–Crippen MR) is 29.4 cm³/mol. The van der Waals surface area contributed by atoms with Gasteiger partial charge in [0.2, 0.25) is 0 Å². The third-order valence-electron chi connectivity index (χ3n) is 0.599. The molecule has 0 fully saturated rings. The van der Waals surface area contributed by atoms with Crippen LogP contribution in [0.2, 0.25) is 0 Å². The van der Waals surface area contributed by atoms with Gasteiger partial charge in [-0.05, 0) is 13.6 Å². The Morgan fingerprint density at radius 3 is 2.43 bits per heavy atom. The van der Waals surface area contributed by atoms with Gasteiger partial charge in [0.05, 0.1) is 5.70 Å². The lowest BCUT2D eigenvalue weighted by molar-refractivity contribution is -0.104. The van der Waals surface area contributed by atoms with E-state index in [-0.39, 0.29) is 0 Å². The Bertz CT molecular complexity index is 94.6. The second kappa shape index (κ2) is 3.28. The molecule has 7 heavy (non-hydrogen) atoms. The molecule has 0 aliphatic rings. The molecule has 0 amide bonds. The first-order valence-electron chi connectivity index (χ1n) is 1.93. The van der Waals surface area contributed by atoms with E-state index in [4.69, 9.17) is 0 Å². The average molecular weight is 97.1 g/mol. The Balaban J connectivity index is 3.85. The molecule has 0 atom stereocenters. The first-order valence-corrected chi connectivity index (χ1v) is 1.93. The van der Waals surface area contributed by atoms with E-state index in [1.165, 1.54) is 0 Å². The quantitative estimate of drug-likeness (QED) is 0.284. The fraction of sp³-hybridized carbons (Fsp3) is 0.200. The molecular weight excluding hydrogens is 90.1 g/mol. The molecule has 0 unspecified atom stereocenters. The van der Waals surface area contributed by atoms with Gasteiger partial charge in [0.15, 0.2) is 6.29 Å². The van der Waals surface area contributed by atoms with Crippen LogP contribution in [0.5, 0.6) is 0 Å². The van der Waals surface area contributed by atoms with Crippen LogP contribution in [-0.2, 0) is 4.79 Å². The Morgan fingerprint density at radius 2 is 2.43 bits per heavy atom. The number of aliphatic imine (C=N–C) groups is 1. The maximum Gasteiger partial charge on any atom is 0.168 e. The Labute approximate surface area is 42.6 Å². The minimum absolute atomic E-state index is 0.389. The number of rotatable bonds is 2. The summed E-state index contributed by atoms with van der Waals surface area (Å²) in [7, 11) is 0. The predicted octanol–water partition coefficient (Wildman–Crippen LogP) is 0.790. The minimum Gasteiger partial charge on any atom is -0.296 e. The van der Waals surface area contributed by atoms with Gasteiger partial charge in [-0.2, -0.15) is 0 Å². The van der Waals surface area contributed by atoms with Crippen LogP contribution in [0.25, 0.3) is 0 Å². The molecule has 0 aromatic carbocycles. The molecule has 0 spiro atoms. The van der Waals surface area contributed by atoms with Crippen molar-refractivity contribution in [2.45, 2.75) is 6.92 Å². The van der Waals surface area contributed by atoms with Crippen molar-refractivity contribution in [3.8, 4) is 0 Å². The van der Waals surface area contributed by atoms with Gasteiger partial charge in [0.1, 0.15) is 0 Å². The zero-order valence-electron chi connectivity index (χ0n) is 4.22. The van der Waals surface area contributed by atoms with Gasteiger partial charge in [-0.1, -0.05) is 6.08 Å². The summed E-state index contributed by atoms with van der Waals surface area (Å²) < 4.78 is 0. The summed E-state index contributed by atoms with van der Waals surface area (Å²) in [5.41, 5.74) is 0.389. The fourth-order valence-electron chi connectivity index (χ4n) is 0.197. The normalized spacial score (nSPS) is 10.7. The van der Waals surface area contributed by atoms with Crippen molar-refractivity contribution in [1.82, 2.24) is 0 Å². The van der Waals surface area contributed by atoms with Crippen LogP contribution in [0, 0.1) is 0 Å². The summed E-state index contributed by atoms with van der Waals surface area (Å²) in [4.78, 5) is 13.1. The van der Waals surface area contributed by atoms with Gasteiger partial charge < -0.3 is 0 Å². The third-order valence-corrected chi connectivity index (χ3v) is 0.599. The van der Waals surface area contributed by atoms with Crippen LogP contribution >= 0.6 is 0 Å².